The molecule has 0 bridgehead atoms. The average molecular weight is 207 g/mol. The minimum absolute atomic E-state index is 0.0416. The lowest BCUT2D eigenvalue weighted by Crippen LogP contribution is -2.44. The van der Waals surface area contributed by atoms with Gasteiger partial charge in [-0.2, -0.15) is 0 Å². The molecule has 1 N–H and O–H groups in total. The van der Waals surface area contributed by atoms with E-state index in [-0.39, 0.29) is 12.7 Å². The largest absolute Gasteiger partial charge is 0.394 e. The number of ether oxygens (including phenoxy) is 1. The van der Waals surface area contributed by atoms with Crippen molar-refractivity contribution in [3.8, 4) is 0 Å². The Morgan fingerprint density at radius 2 is 2.13 bits per heavy atom. The maximum atomic E-state index is 9.05. The number of rotatable bonds is 2. The first-order chi connectivity index (χ1) is 7.29. The monoisotopic (exact) mass is 207 g/mol. The molecule has 0 unspecified atom stereocenters. The van der Waals surface area contributed by atoms with Gasteiger partial charge in [0.05, 0.1) is 19.3 Å². The zero-order valence-electron chi connectivity index (χ0n) is 9.02. The average Bonchev–Trinajstić information content (AvgIpc) is 2.30. The van der Waals surface area contributed by atoms with E-state index in [0.717, 1.165) is 13.1 Å². The summed E-state index contributed by atoms with van der Waals surface area (Å²) in [4.78, 5) is 2.25. The highest BCUT2D eigenvalue weighted by molar-refractivity contribution is 5.47. The Kier molecular flexibility index (Phi) is 3.23. The third-order valence-electron chi connectivity index (χ3n) is 2.74. The van der Waals surface area contributed by atoms with Gasteiger partial charge in [0, 0.05) is 18.8 Å². The van der Waals surface area contributed by atoms with Gasteiger partial charge in [0.25, 0.3) is 0 Å². The number of aliphatic hydroxyl groups is 1. The summed E-state index contributed by atoms with van der Waals surface area (Å²) in [6.45, 7) is 4.56. The second-order valence-corrected chi connectivity index (χ2v) is 3.96. The highest BCUT2D eigenvalue weighted by Gasteiger charge is 2.19. The summed E-state index contributed by atoms with van der Waals surface area (Å²) in [7, 11) is 0. The summed E-state index contributed by atoms with van der Waals surface area (Å²) in [5, 5.41) is 9.05. The standard InChI is InChI=1S/C12H17NO2/c1-10-2-4-11(5-3-10)13-6-7-15-12(8-13)9-14/h2-5,12,14H,6-9H2,1H3/t12-/m0/s1. The first-order valence-electron chi connectivity index (χ1n) is 5.33. The van der Waals surface area contributed by atoms with Crippen molar-refractivity contribution in [2.45, 2.75) is 13.0 Å². The lowest BCUT2D eigenvalue weighted by atomic mass is 10.2. The molecule has 1 aliphatic heterocycles. The molecular weight excluding hydrogens is 190 g/mol. The van der Waals surface area contributed by atoms with Gasteiger partial charge >= 0.3 is 0 Å². The van der Waals surface area contributed by atoms with Crippen LogP contribution in [0.5, 0.6) is 0 Å². The molecule has 0 aromatic heterocycles. The minimum Gasteiger partial charge on any atom is -0.394 e. The molecule has 1 aromatic rings. The van der Waals surface area contributed by atoms with Gasteiger partial charge in [0.2, 0.25) is 0 Å². The number of morpholine rings is 1. The molecule has 1 heterocycles. The minimum atomic E-state index is -0.0416. The van der Waals surface area contributed by atoms with Crippen molar-refractivity contribution in [1.29, 1.82) is 0 Å². The van der Waals surface area contributed by atoms with Crippen molar-refractivity contribution < 1.29 is 9.84 Å². The van der Waals surface area contributed by atoms with Gasteiger partial charge in [0.15, 0.2) is 0 Å². The molecule has 1 saturated heterocycles. The van der Waals surface area contributed by atoms with E-state index in [1.807, 2.05) is 0 Å². The van der Waals surface area contributed by atoms with Crippen LogP contribution in [0, 0.1) is 6.92 Å². The Balaban J connectivity index is 2.06. The van der Waals surface area contributed by atoms with Gasteiger partial charge in [-0.15, -0.1) is 0 Å². The highest BCUT2D eigenvalue weighted by atomic mass is 16.5. The summed E-state index contributed by atoms with van der Waals surface area (Å²) in [6, 6.07) is 8.46. The van der Waals surface area contributed by atoms with Crippen LogP contribution in [0.3, 0.4) is 0 Å². The maximum Gasteiger partial charge on any atom is 0.0980 e. The Labute approximate surface area is 90.3 Å². The molecular formula is C12H17NO2. The van der Waals surface area contributed by atoms with Gasteiger partial charge in [-0.25, -0.2) is 0 Å². The molecule has 1 aromatic carbocycles. The van der Waals surface area contributed by atoms with E-state index in [1.165, 1.54) is 11.3 Å². The lowest BCUT2D eigenvalue weighted by molar-refractivity contribution is 0.00357. The van der Waals surface area contributed by atoms with Crippen molar-refractivity contribution >= 4 is 5.69 Å². The molecule has 3 heteroatoms. The van der Waals surface area contributed by atoms with Gasteiger partial charge < -0.3 is 14.7 Å². The summed E-state index contributed by atoms with van der Waals surface area (Å²) in [5.41, 5.74) is 2.48. The first-order valence-corrected chi connectivity index (χ1v) is 5.33. The zero-order valence-corrected chi connectivity index (χ0v) is 9.02. The molecule has 0 aliphatic carbocycles. The van der Waals surface area contributed by atoms with Crippen molar-refractivity contribution in [1.82, 2.24) is 0 Å². The molecule has 1 aliphatic rings. The fourth-order valence-electron chi connectivity index (χ4n) is 1.82. The van der Waals surface area contributed by atoms with E-state index in [9.17, 15) is 0 Å². The molecule has 0 saturated carbocycles. The van der Waals surface area contributed by atoms with Crippen LogP contribution in [-0.2, 0) is 4.74 Å². The summed E-state index contributed by atoms with van der Waals surface area (Å²) in [6.07, 6.45) is -0.0416. The number of anilines is 1. The Morgan fingerprint density at radius 3 is 2.80 bits per heavy atom. The van der Waals surface area contributed by atoms with E-state index in [4.69, 9.17) is 9.84 Å². The van der Waals surface area contributed by atoms with Gasteiger partial charge in [0.1, 0.15) is 0 Å². The molecule has 1 atom stereocenters. The van der Waals surface area contributed by atoms with Crippen LogP contribution in [-0.4, -0.2) is 37.5 Å². The Bertz CT molecular complexity index is 310. The maximum absolute atomic E-state index is 9.05. The molecule has 0 radical (unpaired) electrons. The molecule has 3 nitrogen and oxygen atoms in total. The molecule has 0 amide bonds. The van der Waals surface area contributed by atoms with Gasteiger partial charge in [-0.3, -0.25) is 0 Å². The SMILES string of the molecule is Cc1ccc(N2CCO[C@H](CO)C2)cc1. The molecule has 1 fully saturated rings. The van der Waals surface area contributed by atoms with E-state index < -0.39 is 0 Å². The topological polar surface area (TPSA) is 32.7 Å². The number of aryl methyl sites for hydroxylation is 1. The van der Waals surface area contributed by atoms with Crippen LogP contribution in [0.2, 0.25) is 0 Å². The van der Waals surface area contributed by atoms with Crippen molar-refractivity contribution in [2.24, 2.45) is 0 Å². The number of hydrogen-bond acceptors (Lipinski definition) is 3. The predicted octanol–water partition coefficient (Wildman–Crippen LogP) is 1.19. The van der Waals surface area contributed by atoms with Crippen LogP contribution in [0.25, 0.3) is 0 Å². The molecule has 2 rings (SSSR count). The number of aliphatic hydroxyl groups excluding tert-OH is 1. The second-order valence-electron chi connectivity index (χ2n) is 3.96. The number of nitrogens with zero attached hydrogens (tertiary/aromatic N) is 1. The summed E-state index contributed by atoms with van der Waals surface area (Å²) >= 11 is 0. The van der Waals surface area contributed by atoms with Crippen LogP contribution >= 0.6 is 0 Å². The molecule has 0 spiro atoms. The number of benzene rings is 1. The predicted molar refractivity (Wildman–Crippen MR) is 60.2 cm³/mol. The third kappa shape index (κ3) is 2.49. The molecule has 15 heavy (non-hydrogen) atoms. The smallest absolute Gasteiger partial charge is 0.0980 e. The summed E-state index contributed by atoms with van der Waals surface area (Å²) < 4.78 is 5.41. The Hall–Kier alpha value is -1.06. The normalized spacial score (nSPS) is 21.7. The zero-order chi connectivity index (χ0) is 10.7. The Morgan fingerprint density at radius 1 is 1.40 bits per heavy atom. The van der Waals surface area contributed by atoms with E-state index in [0.29, 0.717) is 6.61 Å². The second kappa shape index (κ2) is 4.64. The summed E-state index contributed by atoms with van der Waals surface area (Å²) in [5.74, 6) is 0. The van der Waals surface area contributed by atoms with Crippen molar-refractivity contribution in [2.75, 3.05) is 31.2 Å². The van der Waals surface area contributed by atoms with Crippen LogP contribution in [0.1, 0.15) is 5.56 Å². The van der Waals surface area contributed by atoms with Crippen molar-refractivity contribution in [3.05, 3.63) is 29.8 Å². The van der Waals surface area contributed by atoms with Crippen LogP contribution < -0.4 is 4.90 Å². The van der Waals surface area contributed by atoms with E-state index >= 15 is 0 Å². The number of hydrogen-bond donors (Lipinski definition) is 1. The first kappa shape index (κ1) is 10.5. The molecule has 82 valence electrons. The van der Waals surface area contributed by atoms with Gasteiger partial charge in [-0.1, -0.05) is 17.7 Å². The van der Waals surface area contributed by atoms with Gasteiger partial charge in [-0.05, 0) is 19.1 Å². The highest BCUT2D eigenvalue weighted by Crippen LogP contribution is 2.18. The van der Waals surface area contributed by atoms with Crippen LogP contribution in [0.15, 0.2) is 24.3 Å². The fourth-order valence-corrected chi connectivity index (χ4v) is 1.82. The lowest BCUT2D eigenvalue weighted by Gasteiger charge is -2.33. The van der Waals surface area contributed by atoms with Crippen molar-refractivity contribution in [3.63, 3.8) is 0 Å². The third-order valence-corrected chi connectivity index (χ3v) is 2.74. The van der Waals surface area contributed by atoms with E-state index in [1.54, 1.807) is 0 Å². The van der Waals surface area contributed by atoms with E-state index in [2.05, 4.69) is 36.1 Å². The fraction of sp³-hybridized carbons (Fsp3) is 0.500. The van der Waals surface area contributed by atoms with Crippen LogP contribution in [0.4, 0.5) is 5.69 Å². The quantitative estimate of drug-likeness (QED) is 0.790.